The number of benzene rings is 2. The van der Waals surface area contributed by atoms with E-state index >= 15 is 0 Å². The van der Waals surface area contributed by atoms with Gasteiger partial charge in [0.2, 0.25) is 0 Å². The molecule has 1 atom stereocenters. The van der Waals surface area contributed by atoms with Gasteiger partial charge in [-0.1, -0.05) is 18.2 Å². The third kappa shape index (κ3) is 3.85. The Labute approximate surface area is 125 Å². The third-order valence-electron chi connectivity index (χ3n) is 3.34. The van der Waals surface area contributed by atoms with E-state index in [2.05, 4.69) is 18.2 Å². The first-order chi connectivity index (χ1) is 9.99. The highest BCUT2D eigenvalue weighted by Gasteiger charge is 2.05. The lowest BCUT2D eigenvalue weighted by Crippen LogP contribution is -2.09. The van der Waals surface area contributed by atoms with Crippen LogP contribution in [-0.2, 0) is 9.53 Å². The van der Waals surface area contributed by atoms with Crippen molar-refractivity contribution in [2.75, 3.05) is 7.11 Å². The minimum absolute atomic E-state index is 0.228. The van der Waals surface area contributed by atoms with Crippen LogP contribution >= 0.6 is 0 Å². The Morgan fingerprint density at radius 1 is 1.10 bits per heavy atom. The molecule has 21 heavy (non-hydrogen) atoms. The molecule has 3 heteroatoms. The number of esters is 1. The number of hydrogen-bond acceptors (Lipinski definition) is 3. The van der Waals surface area contributed by atoms with E-state index in [4.69, 9.17) is 9.47 Å². The van der Waals surface area contributed by atoms with Gasteiger partial charge in [0.05, 0.1) is 7.11 Å². The molecule has 2 rings (SSSR count). The topological polar surface area (TPSA) is 35.5 Å². The molecule has 0 spiro atoms. The van der Waals surface area contributed by atoms with Crippen molar-refractivity contribution in [3.8, 4) is 5.75 Å². The van der Waals surface area contributed by atoms with Gasteiger partial charge in [-0.05, 0) is 60.0 Å². The van der Waals surface area contributed by atoms with Crippen molar-refractivity contribution in [3.63, 3.8) is 0 Å². The van der Waals surface area contributed by atoms with Crippen molar-refractivity contribution in [3.05, 3.63) is 48.0 Å². The number of allylic oxidation sites excluding steroid dienone is 1. The standard InChI is InChI=1S/C18H20O3/c1-12(9-13(2)21-14(3)19)15-5-6-17-11-18(20-4)8-7-16(17)10-15/h5-11,13H,1-4H3. The van der Waals surface area contributed by atoms with Crippen LogP contribution in [0.1, 0.15) is 26.3 Å². The van der Waals surface area contributed by atoms with Crippen molar-refractivity contribution >= 4 is 22.3 Å². The molecule has 0 fully saturated rings. The average Bonchev–Trinajstić information content (AvgIpc) is 2.45. The van der Waals surface area contributed by atoms with Gasteiger partial charge in [-0.2, -0.15) is 0 Å². The van der Waals surface area contributed by atoms with Gasteiger partial charge >= 0.3 is 5.97 Å². The summed E-state index contributed by atoms with van der Waals surface area (Å²) in [5.41, 5.74) is 2.20. The number of carbonyl (C=O) groups excluding carboxylic acids is 1. The first-order valence-electron chi connectivity index (χ1n) is 6.93. The van der Waals surface area contributed by atoms with Gasteiger partial charge in [0.15, 0.2) is 0 Å². The van der Waals surface area contributed by atoms with Crippen LogP contribution in [0, 0.1) is 0 Å². The van der Waals surface area contributed by atoms with Crippen LogP contribution in [0.25, 0.3) is 16.3 Å². The number of ether oxygens (including phenoxy) is 2. The molecular formula is C18H20O3. The fourth-order valence-corrected chi connectivity index (χ4v) is 2.34. The summed E-state index contributed by atoms with van der Waals surface area (Å²) in [5, 5.41) is 2.29. The van der Waals surface area contributed by atoms with Crippen molar-refractivity contribution in [2.24, 2.45) is 0 Å². The molecule has 0 heterocycles. The summed E-state index contributed by atoms with van der Waals surface area (Å²) in [6.45, 7) is 5.30. The molecule has 0 saturated carbocycles. The molecule has 3 nitrogen and oxygen atoms in total. The third-order valence-corrected chi connectivity index (χ3v) is 3.34. The summed E-state index contributed by atoms with van der Waals surface area (Å²) in [5.74, 6) is 0.586. The summed E-state index contributed by atoms with van der Waals surface area (Å²) in [7, 11) is 1.67. The Balaban J connectivity index is 2.29. The van der Waals surface area contributed by atoms with Crippen molar-refractivity contribution in [2.45, 2.75) is 26.9 Å². The summed E-state index contributed by atoms with van der Waals surface area (Å²) in [6.07, 6.45) is 1.72. The molecule has 0 N–H and O–H groups in total. The Kier molecular flexibility index (Phi) is 4.63. The lowest BCUT2D eigenvalue weighted by molar-refractivity contribution is -0.143. The highest BCUT2D eigenvalue weighted by molar-refractivity contribution is 5.87. The summed E-state index contributed by atoms with van der Waals surface area (Å²) in [6, 6.07) is 12.3. The van der Waals surface area contributed by atoms with Crippen LogP contribution in [0.2, 0.25) is 0 Å². The SMILES string of the molecule is COc1ccc2cc(C(C)=CC(C)OC(C)=O)ccc2c1. The molecule has 2 aromatic rings. The summed E-state index contributed by atoms with van der Waals surface area (Å²) in [4.78, 5) is 10.9. The predicted octanol–water partition coefficient (Wildman–Crippen LogP) is 4.20. The maximum atomic E-state index is 10.9. The van der Waals surface area contributed by atoms with Crippen LogP contribution < -0.4 is 4.74 Å². The second kappa shape index (κ2) is 6.44. The van der Waals surface area contributed by atoms with Crippen LogP contribution in [0.5, 0.6) is 5.75 Å². The molecule has 0 aliphatic carbocycles. The molecule has 0 amide bonds. The van der Waals surface area contributed by atoms with Crippen LogP contribution in [0.15, 0.2) is 42.5 Å². The van der Waals surface area contributed by atoms with E-state index in [9.17, 15) is 4.79 Å². The zero-order valence-electron chi connectivity index (χ0n) is 12.8. The van der Waals surface area contributed by atoms with Crippen molar-refractivity contribution < 1.29 is 14.3 Å². The number of hydrogen-bond donors (Lipinski definition) is 0. The average molecular weight is 284 g/mol. The number of methoxy groups -OCH3 is 1. The van der Waals surface area contributed by atoms with E-state index in [1.54, 1.807) is 7.11 Å². The number of fused-ring (bicyclic) bond motifs is 1. The van der Waals surface area contributed by atoms with E-state index in [0.717, 1.165) is 27.7 Å². The molecule has 0 bridgehead atoms. The van der Waals surface area contributed by atoms with E-state index in [1.807, 2.05) is 38.1 Å². The fraction of sp³-hybridized carbons (Fsp3) is 0.278. The maximum Gasteiger partial charge on any atom is 0.303 e. The molecule has 0 aliphatic rings. The Morgan fingerprint density at radius 3 is 2.43 bits per heavy atom. The molecule has 1 unspecified atom stereocenters. The molecule has 0 radical (unpaired) electrons. The van der Waals surface area contributed by atoms with Gasteiger partial charge in [0.25, 0.3) is 0 Å². The van der Waals surface area contributed by atoms with Crippen molar-refractivity contribution in [1.82, 2.24) is 0 Å². The molecular weight excluding hydrogens is 264 g/mol. The van der Waals surface area contributed by atoms with Crippen LogP contribution in [0.3, 0.4) is 0 Å². The number of rotatable bonds is 4. The molecule has 0 saturated heterocycles. The van der Waals surface area contributed by atoms with Crippen molar-refractivity contribution in [1.29, 1.82) is 0 Å². The molecule has 2 aromatic carbocycles. The van der Waals surface area contributed by atoms with E-state index in [0.29, 0.717) is 0 Å². The second-order valence-corrected chi connectivity index (χ2v) is 5.09. The smallest absolute Gasteiger partial charge is 0.303 e. The fourth-order valence-electron chi connectivity index (χ4n) is 2.34. The minimum atomic E-state index is -0.267. The Bertz CT molecular complexity index is 686. The zero-order valence-corrected chi connectivity index (χ0v) is 12.8. The molecule has 0 aromatic heterocycles. The van der Waals surface area contributed by atoms with Crippen LogP contribution in [0.4, 0.5) is 0 Å². The quantitative estimate of drug-likeness (QED) is 0.789. The van der Waals surface area contributed by atoms with Gasteiger partial charge < -0.3 is 9.47 Å². The lowest BCUT2D eigenvalue weighted by Gasteiger charge is -2.10. The maximum absolute atomic E-state index is 10.9. The number of carbonyl (C=O) groups is 1. The van der Waals surface area contributed by atoms with E-state index in [-0.39, 0.29) is 12.1 Å². The minimum Gasteiger partial charge on any atom is -0.497 e. The highest BCUT2D eigenvalue weighted by Crippen LogP contribution is 2.25. The summed E-state index contributed by atoms with van der Waals surface area (Å²) >= 11 is 0. The second-order valence-electron chi connectivity index (χ2n) is 5.09. The summed E-state index contributed by atoms with van der Waals surface area (Å²) < 4.78 is 10.4. The monoisotopic (exact) mass is 284 g/mol. The van der Waals surface area contributed by atoms with E-state index in [1.165, 1.54) is 6.92 Å². The van der Waals surface area contributed by atoms with Gasteiger partial charge in [0.1, 0.15) is 11.9 Å². The normalized spacial score (nSPS) is 13.0. The predicted molar refractivity (Wildman–Crippen MR) is 85.4 cm³/mol. The van der Waals surface area contributed by atoms with E-state index < -0.39 is 0 Å². The first kappa shape index (κ1) is 15.1. The van der Waals surface area contributed by atoms with Gasteiger partial charge in [-0.3, -0.25) is 4.79 Å². The first-order valence-corrected chi connectivity index (χ1v) is 6.93. The lowest BCUT2D eigenvalue weighted by atomic mass is 10.0. The van der Waals surface area contributed by atoms with Gasteiger partial charge in [-0.15, -0.1) is 0 Å². The molecule has 0 aliphatic heterocycles. The highest BCUT2D eigenvalue weighted by atomic mass is 16.5. The Hall–Kier alpha value is -2.29. The molecule has 110 valence electrons. The van der Waals surface area contributed by atoms with Gasteiger partial charge in [0, 0.05) is 6.92 Å². The van der Waals surface area contributed by atoms with Gasteiger partial charge in [-0.25, -0.2) is 0 Å². The largest absolute Gasteiger partial charge is 0.497 e. The van der Waals surface area contributed by atoms with Crippen LogP contribution in [-0.4, -0.2) is 19.2 Å². The zero-order chi connectivity index (χ0) is 15.4. The Morgan fingerprint density at radius 2 is 1.76 bits per heavy atom.